The maximum atomic E-state index is 11.4. The number of benzene rings is 1. The molecule has 0 saturated heterocycles. The predicted octanol–water partition coefficient (Wildman–Crippen LogP) is 3.18. The zero-order valence-corrected chi connectivity index (χ0v) is 20.9. The lowest BCUT2D eigenvalue weighted by Crippen LogP contribution is -2.43. The van der Waals surface area contributed by atoms with Crippen LogP contribution in [0.4, 0.5) is 0 Å². The zero-order valence-electron chi connectivity index (χ0n) is 17.7. The van der Waals surface area contributed by atoms with E-state index in [4.69, 9.17) is 0 Å². The molecule has 0 bridgehead atoms. The highest BCUT2D eigenvalue weighted by Gasteiger charge is 2.21. The van der Waals surface area contributed by atoms with Crippen LogP contribution in [0.1, 0.15) is 38.8 Å². The van der Waals surface area contributed by atoms with E-state index in [-0.39, 0.29) is 41.2 Å². The van der Waals surface area contributed by atoms with E-state index in [0.29, 0.717) is 18.9 Å². The SMILES string of the molecule is CN=C(NCC(C)(C)CCS(C)(=O)=O)NC(C)c1cccc(-n2cccn2)c1.I. The maximum Gasteiger partial charge on any atom is 0.191 e. The van der Waals surface area contributed by atoms with Crippen molar-refractivity contribution < 1.29 is 8.42 Å². The second kappa shape index (κ2) is 11.0. The Hall–Kier alpha value is -1.62. The molecule has 0 radical (unpaired) electrons. The van der Waals surface area contributed by atoms with Crippen molar-refractivity contribution in [3.05, 3.63) is 48.3 Å². The van der Waals surface area contributed by atoms with Gasteiger partial charge in [0, 0.05) is 32.2 Å². The number of halogens is 1. The van der Waals surface area contributed by atoms with Crippen molar-refractivity contribution in [1.29, 1.82) is 0 Å². The van der Waals surface area contributed by atoms with Crippen LogP contribution in [0, 0.1) is 5.41 Å². The van der Waals surface area contributed by atoms with Gasteiger partial charge in [0.1, 0.15) is 9.84 Å². The fraction of sp³-hybridized carbons (Fsp3) is 0.500. The van der Waals surface area contributed by atoms with Crippen molar-refractivity contribution in [3.8, 4) is 5.69 Å². The van der Waals surface area contributed by atoms with Gasteiger partial charge >= 0.3 is 0 Å². The van der Waals surface area contributed by atoms with Crippen LogP contribution in [0.15, 0.2) is 47.7 Å². The van der Waals surface area contributed by atoms with Crippen molar-refractivity contribution in [3.63, 3.8) is 0 Å². The molecular formula is C20H32IN5O2S. The van der Waals surface area contributed by atoms with Crippen molar-refractivity contribution in [2.45, 2.75) is 33.2 Å². The van der Waals surface area contributed by atoms with E-state index in [1.807, 2.05) is 29.1 Å². The van der Waals surface area contributed by atoms with Gasteiger partial charge in [-0.25, -0.2) is 13.1 Å². The van der Waals surface area contributed by atoms with Crippen LogP contribution < -0.4 is 10.6 Å². The molecule has 1 atom stereocenters. The van der Waals surface area contributed by atoms with Gasteiger partial charge in [-0.3, -0.25) is 4.99 Å². The van der Waals surface area contributed by atoms with Gasteiger partial charge < -0.3 is 10.6 Å². The molecule has 0 saturated carbocycles. The largest absolute Gasteiger partial charge is 0.356 e. The summed E-state index contributed by atoms with van der Waals surface area (Å²) in [6, 6.07) is 10.1. The minimum atomic E-state index is -2.96. The molecule has 0 spiro atoms. The highest BCUT2D eigenvalue weighted by molar-refractivity contribution is 14.0. The Morgan fingerprint density at radius 2 is 2.03 bits per heavy atom. The van der Waals surface area contributed by atoms with Crippen LogP contribution in [0.25, 0.3) is 5.69 Å². The van der Waals surface area contributed by atoms with Crippen LogP contribution in [0.5, 0.6) is 0 Å². The summed E-state index contributed by atoms with van der Waals surface area (Å²) in [5.41, 5.74) is 1.96. The molecule has 9 heteroatoms. The number of rotatable bonds is 8. The molecule has 1 unspecified atom stereocenters. The molecule has 1 heterocycles. The van der Waals surface area contributed by atoms with E-state index in [9.17, 15) is 8.42 Å². The van der Waals surface area contributed by atoms with Gasteiger partial charge in [-0.15, -0.1) is 24.0 Å². The van der Waals surface area contributed by atoms with E-state index in [1.165, 1.54) is 6.26 Å². The molecule has 2 aromatic rings. The first-order chi connectivity index (χ1) is 13.1. The Bertz CT molecular complexity index is 895. The second-order valence-electron chi connectivity index (χ2n) is 7.88. The fourth-order valence-electron chi connectivity index (χ4n) is 2.71. The van der Waals surface area contributed by atoms with Crippen LogP contribution in [-0.2, 0) is 9.84 Å². The molecule has 0 aliphatic heterocycles. The standard InChI is InChI=1S/C20H31N5O2S.HI/c1-16(17-8-6-9-18(14-17)25-12-7-11-23-25)24-19(21-4)22-15-20(2,3)10-13-28(5,26)27;/h6-9,11-12,14,16H,10,13,15H2,1-5H3,(H2,21,22,24);1H. The van der Waals surface area contributed by atoms with Crippen molar-refractivity contribution in [2.75, 3.05) is 25.6 Å². The first kappa shape index (κ1) is 25.4. The van der Waals surface area contributed by atoms with E-state index in [2.05, 4.69) is 53.6 Å². The number of hydrogen-bond donors (Lipinski definition) is 2. The first-order valence-corrected chi connectivity index (χ1v) is 11.4. The number of nitrogens with one attached hydrogen (secondary N) is 2. The third-order valence-corrected chi connectivity index (χ3v) is 5.55. The lowest BCUT2D eigenvalue weighted by molar-refractivity contribution is 0.348. The van der Waals surface area contributed by atoms with Gasteiger partial charge in [-0.1, -0.05) is 26.0 Å². The molecule has 0 fully saturated rings. The maximum absolute atomic E-state index is 11.4. The molecule has 7 nitrogen and oxygen atoms in total. The summed E-state index contributed by atoms with van der Waals surface area (Å²) in [5.74, 6) is 0.870. The minimum absolute atomic E-state index is 0. The summed E-state index contributed by atoms with van der Waals surface area (Å²) in [4.78, 5) is 4.30. The smallest absolute Gasteiger partial charge is 0.191 e. The Labute approximate surface area is 191 Å². The average Bonchev–Trinajstić information content (AvgIpc) is 3.18. The van der Waals surface area contributed by atoms with Crippen LogP contribution in [0.3, 0.4) is 0 Å². The van der Waals surface area contributed by atoms with Crippen molar-refractivity contribution in [2.24, 2.45) is 10.4 Å². The highest BCUT2D eigenvalue weighted by Crippen LogP contribution is 2.20. The zero-order chi connectivity index (χ0) is 20.8. The molecule has 1 aromatic heterocycles. The Balaban J connectivity index is 0.00000420. The van der Waals surface area contributed by atoms with E-state index in [1.54, 1.807) is 13.2 Å². The molecular weight excluding hydrogens is 501 g/mol. The summed E-state index contributed by atoms with van der Waals surface area (Å²) >= 11 is 0. The number of aromatic nitrogens is 2. The average molecular weight is 533 g/mol. The van der Waals surface area contributed by atoms with E-state index in [0.717, 1.165) is 11.3 Å². The Morgan fingerprint density at radius 3 is 2.62 bits per heavy atom. The minimum Gasteiger partial charge on any atom is -0.356 e. The summed E-state index contributed by atoms with van der Waals surface area (Å²) in [5, 5.41) is 11.0. The van der Waals surface area contributed by atoms with Gasteiger partial charge in [0.25, 0.3) is 0 Å². The number of sulfone groups is 1. The van der Waals surface area contributed by atoms with Gasteiger partial charge in [0.2, 0.25) is 0 Å². The third-order valence-electron chi connectivity index (χ3n) is 4.60. The molecule has 0 aliphatic rings. The van der Waals surface area contributed by atoms with Crippen LogP contribution >= 0.6 is 24.0 Å². The van der Waals surface area contributed by atoms with Crippen LogP contribution in [0.2, 0.25) is 0 Å². The normalized spacial score (nSPS) is 13.5. The predicted molar refractivity (Wildman–Crippen MR) is 130 cm³/mol. The lowest BCUT2D eigenvalue weighted by Gasteiger charge is -2.27. The Morgan fingerprint density at radius 1 is 1.31 bits per heavy atom. The van der Waals surface area contributed by atoms with Gasteiger partial charge in [-0.05, 0) is 42.5 Å². The third kappa shape index (κ3) is 8.73. The van der Waals surface area contributed by atoms with E-state index >= 15 is 0 Å². The Kier molecular flexibility index (Phi) is 9.60. The summed E-state index contributed by atoms with van der Waals surface area (Å²) in [7, 11) is -1.23. The topological polar surface area (TPSA) is 88.4 Å². The fourth-order valence-corrected chi connectivity index (χ4v) is 3.64. The summed E-state index contributed by atoms with van der Waals surface area (Å²) in [6.45, 7) is 6.80. The quantitative estimate of drug-likeness (QED) is 0.309. The number of hydrogen-bond acceptors (Lipinski definition) is 4. The molecule has 29 heavy (non-hydrogen) atoms. The monoisotopic (exact) mass is 533 g/mol. The number of aliphatic imine (C=N–C) groups is 1. The number of nitrogens with zero attached hydrogens (tertiary/aromatic N) is 3. The molecule has 2 rings (SSSR count). The second-order valence-corrected chi connectivity index (χ2v) is 10.1. The van der Waals surface area contributed by atoms with E-state index < -0.39 is 9.84 Å². The van der Waals surface area contributed by atoms with Crippen molar-refractivity contribution >= 4 is 39.8 Å². The van der Waals surface area contributed by atoms with Gasteiger partial charge in [0.15, 0.2) is 5.96 Å². The molecule has 162 valence electrons. The molecule has 0 aliphatic carbocycles. The lowest BCUT2D eigenvalue weighted by atomic mass is 9.90. The molecule has 1 aromatic carbocycles. The molecule has 0 amide bonds. The van der Waals surface area contributed by atoms with Gasteiger partial charge in [0.05, 0.1) is 17.5 Å². The van der Waals surface area contributed by atoms with Crippen LogP contribution in [-0.4, -0.2) is 49.8 Å². The van der Waals surface area contributed by atoms with Crippen molar-refractivity contribution in [1.82, 2.24) is 20.4 Å². The summed E-state index contributed by atoms with van der Waals surface area (Å²) in [6.07, 6.45) is 5.54. The number of guanidine groups is 1. The first-order valence-electron chi connectivity index (χ1n) is 9.34. The summed E-state index contributed by atoms with van der Waals surface area (Å²) < 4.78 is 24.7. The van der Waals surface area contributed by atoms with Gasteiger partial charge in [-0.2, -0.15) is 5.10 Å². The molecule has 2 N–H and O–H groups in total. The highest BCUT2D eigenvalue weighted by atomic mass is 127.